The van der Waals surface area contributed by atoms with E-state index in [0.29, 0.717) is 24.8 Å². The number of rotatable bonds is 5. The molecule has 5 nitrogen and oxygen atoms in total. The molecule has 0 saturated heterocycles. The molecule has 1 aromatic carbocycles. The third-order valence-corrected chi connectivity index (χ3v) is 3.58. The molecule has 0 spiro atoms. The summed E-state index contributed by atoms with van der Waals surface area (Å²) in [5.41, 5.74) is 1.67. The number of halogens is 1. The van der Waals surface area contributed by atoms with Crippen LogP contribution >= 0.6 is 24.0 Å². The van der Waals surface area contributed by atoms with E-state index in [1.807, 2.05) is 12.1 Å². The van der Waals surface area contributed by atoms with Crippen LogP contribution in [0.1, 0.15) is 36.2 Å². The molecule has 0 radical (unpaired) electrons. The van der Waals surface area contributed by atoms with E-state index in [2.05, 4.69) is 22.5 Å². The van der Waals surface area contributed by atoms with Crippen LogP contribution in [0.3, 0.4) is 0 Å². The van der Waals surface area contributed by atoms with Gasteiger partial charge >= 0.3 is 5.97 Å². The Hall–Kier alpha value is -1.31. The molecule has 1 saturated carbocycles. The highest BCUT2D eigenvalue weighted by molar-refractivity contribution is 14.0. The standard InChI is InChI=1S/C16H23N3O2.HI/c1-4-21-15(20)13-7-5-12(6-8-13)10-18-16(17-3)19-14-9-11(14)2;/h5-8,11,14H,4,9-10H2,1-3H3,(H2,17,18,19);1H. The van der Waals surface area contributed by atoms with Crippen LogP contribution in [0.2, 0.25) is 0 Å². The fourth-order valence-electron chi connectivity index (χ4n) is 2.05. The van der Waals surface area contributed by atoms with Crippen molar-refractivity contribution >= 4 is 35.9 Å². The summed E-state index contributed by atoms with van der Waals surface area (Å²) in [4.78, 5) is 15.8. The van der Waals surface area contributed by atoms with Crippen molar-refractivity contribution in [1.29, 1.82) is 0 Å². The van der Waals surface area contributed by atoms with Crippen molar-refractivity contribution in [2.75, 3.05) is 13.7 Å². The van der Waals surface area contributed by atoms with Crippen LogP contribution in [-0.2, 0) is 11.3 Å². The molecule has 122 valence electrons. The Morgan fingerprint density at radius 3 is 2.50 bits per heavy atom. The van der Waals surface area contributed by atoms with Crippen molar-refractivity contribution in [3.63, 3.8) is 0 Å². The second-order valence-corrected chi connectivity index (χ2v) is 5.31. The highest BCUT2D eigenvalue weighted by atomic mass is 127. The summed E-state index contributed by atoms with van der Waals surface area (Å²) < 4.78 is 4.96. The highest BCUT2D eigenvalue weighted by Crippen LogP contribution is 2.28. The topological polar surface area (TPSA) is 62.7 Å². The number of guanidine groups is 1. The normalized spacial score (nSPS) is 19.9. The van der Waals surface area contributed by atoms with E-state index in [1.165, 1.54) is 6.42 Å². The number of benzene rings is 1. The Balaban J connectivity index is 0.00000242. The van der Waals surface area contributed by atoms with Gasteiger partial charge in [-0.15, -0.1) is 24.0 Å². The van der Waals surface area contributed by atoms with E-state index in [4.69, 9.17) is 4.74 Å². The first kappa shape index (κ1) is 18.7. The van der Waals surface area contributed by atoms with Crippen LogP contribution in [-0.4, -0.2) is 31.6 Å². The maximum absolute atomic E-state index is 11.6. The minimum atomic E-state index is -0.280. The number of nitrogens with zero attached hydrogens (tertiary/aromatic N) is 1. The van der Waals surface area contributed by atoms with E-state index in [0.717, 1.165) is 17.4 Å². The van der Waals surface area contributed by atoms with Gasteiger partial charge in [-0.1, -0.05) is 19.1 Å². The van der Waals surface area contributed by atoms with Crippen molar-refractivity contribution in [1.82, 2.24) is 10.6 Å². The quantitative estimate of drug-likeness (QED) is 0.335. The molecule has 1 aliphatic carbocycles. The molecule has 2 rings (SSSR count). The molecule has 0 aromatic heterocycles. The molecule has 2 unspecified atom stereocenters. The van der Waals surface area contributed by atoms with Gasteiger partial charge in [-0.3, -0.25) is 4.99 Å². The molecule has 0 aliphatic heterocycles. The average Bonchev–Trinajstić information content (AvgIpc) is 3.19. The van der Waals surface area contributed by atoms with Crippen molar-refractivity contribution in [3.8, 4) is 0 Å². The second kappa shape index (κ2) is 8.97. The van der Waals surface area contributed by atoms with E-state index < -0.39 is 0 Å². The van der Waals surface area contributed by atoms with Gasteiger partial charge in [-0.05, 0) is 37.0 Å². The Morgan fingerprint density at radius 2 is 2.00 bits per heavy atom. The number of hydrogen-bond acceptors (Lipinski definition) is 3. The van der Waals surface area contributed by atoms with Crippen molar-refractivity contribution < 1.29 is 9.53 Å². The van der Waals surface area contributed by atoms with Gasteiger partial charge in [0, 0.05) is 19.6 Å². The van der Waals surface area contributed by atoms with Gasteiger partial charge in [0.25, 0.3) is 0 Å². The lowest BCUT2D eigenvalue weighted by Gasteiger charge is -2.11. The summed E-state index contributed by atoms with van der Waals surface area (Å²) in [7, 11) is 1.77. The fraction of sp³-hybridized carbons (Fsp3) is 0.500. The maximum Gasteiger partial charge on any atom is 0.338 e. The first-order valence-corrected chi connectivity index (χ1v) is 7.37. The molecule has 1 aromatic rings. The van der Waals surface area contributed by atoms with Crippen LogP contribution in [0.4, 0.5) is 0 Å². The largest absolute Gasteiger partial charge is 0.462 e. The van der Waals surface area contributed by atoms with E-state index in [-0.39, 0.29) is 29.9 Å². The molecule has 1 aliphatic rings. The van der Waals surface area contributed by atoms with E-state index >= 15 is 0 Å². The number of aliphatic imine (C=N–C) groups is 1. The van der Waals surface area contributed by atoms with Crippen molar-refractivity contribution in [2.24, 2.45) is 10.9 Å². The maximum atomic E-state index is 11.6. The zero-order valence-electron chi connectivity index (χ0n) is 13.3. The molecule has 2 N–H and O–H groups in total. The van der Waals surface area contributed by atoms with Crippen molar-refractivity contribution in [2.45, 2.75) is 32.9 Å². The zero-order valence-corrected chi connectivity index (χ0v) is 15.6. The lowest BCUT2D eigenvalue weighted by atomic mass is 10.1. The number of hydrogen-bond donors (Lipinski definition) is 2. The second-order valence-electron chi connectivity index (χ2n) is 5.31. The van der Waals surface area contributed by atoms with Gasteiger partial charge < -0.3 is 15.4 Å². The van der Waals surface area contributed by atoms with Crippen LogP contribution in [0.15, 0.2) is 29.3 Å². The third-order valence-electron chi connectivity index (χ3n) is 3.58. The monoisotopic (exact) mass is 417 g/mol. The minimum Gasteiger partial charge on any atom is -0.462 e. The summed E-state index contributed by atoms with van der Waals surface area (Å²) >= 11 is 0. The molecule has 1 fully saturated rings. The Morgan fingerprint density at radius 1 is 1.36 bits per heavy atom. The minimum absolute atomic E-state index is 0. The average molecular weight is 417 g/mol. The van der Waals surface area contributed by atoms with Crippen LogP contribution in [0, 0.1) is 5.92 Å². The molecule has 0 bridgehead atoms. The van der Waals surface area contributed by atoms with E-state index in [9.17, 15) is 4.79 Å². The summed E-state index contributed by atoms with van der Waals surface area (Å²) in [6.07, 6.45) is 1.20. The summed E-state index contributed by atoms with van der Waals surface area (Å²) in [5.74, 6) is 1.27. The molecule has 2 atom stereocenters. The number of carbonyl (C=O) groups is 1. The first-order valence-electron chi connectivity index (χ1n) is 7.37. The Bertz CT molecular complexity index is 517. The molecule has 6 heteroatoms. The molecule has 0 heterocycles. The molecule has 0 amide bonds. The fourth-order valence-corrected chi connectivity index (χ4v) is 2.05. The van der Waals surface area contributed by atoms with Gasteiger partial charge in [0.05, 0.1) is 12.2 Å². The van der Waals surface area contributed by atoms with Gasteiger partial charge in [-0.2, -0.15) is 0 Å². The number of carbonyl (C=O) groups excluding carboxylic acids is 1. The number of ether oxygens (including phenoxy) is 1. The third kappa shape index (κ3) is 5.47. The van der Waals surface area contributed by atoms with E-state index in [1.54, 1.807) is 26.1 Å². The SMILES string of the molecule is CCOC(=O)c1ccc(CNC(=NC)NC2CC2C)cc1.I. The first-order chi connectivity index (χ1) is 10.1. The number of esters is 1. The predicted molar refractivity (Wildman–Crippen MR) is 98.7 cm³/mol. The molecule has 22 heavy (non-hydrogen) atoms. The number of nitrogens with one attached hydrogen (secondary N) is 2. The molecular weight excluding hydrogens is 393 g/mol. The van der Waals surface area contributed by atoms with Gasteiger partial charge in [0.2, 0.25) is 0 Å². The van der Waals surface area contributed by atoms with Gasteiger partial charge in [0.15, 0.2) is 5.96 Å². The highest BCUT2D eigenvalue weighted by Gasteiger charge is 2.33. The van der Waals surface area contributed by atoms with Crippen LogP contribution in [0.25, 0.3) is 0 Å². The predicted octanol–water partition coefficient (Wildman–Crippen LogP) is 2.55. The van der Waals surface area contributed by atoms with Crippen molar-refractivity contribution in [3.05, 3.63) is 35.4 Å². The Labute approximate surface area is 148 Å². The smallest absolute Gasteiger partial charge is 0.338 e. The lowest BCUT2D eigenvalue weighted by Crippen LogP contribution is -2.38. The van der Waals surface area contributed by atoms with Crippen LogP contribution < -0.4 is 10.6 Å². The molecular formula is C16H24IN3O2. The van der Waals surface area contributed by atoms with Gasteiger partial charge in [0.1, 0.15) is 0 Å². The summed E-state index contributed by atoms with van der Waals surface area (Å²) in [6.45, 7) is 5.09. The Kier molecular flexibility index (Phi) is 7.64. The lowest BCUT2D eigenvalue weighted by molar-refractivity contribution is 0.0526. The summed E-state index contributed by atoms with van der Waals surface area (Å²) in [6, 6.07) is 7.96. The summed E-state index contributed by atoms with van der Waals surface area (Å²) in [5, 5.41) is 6.65. The zero-order chi connectivity index (χ0) is 15.2. The van der Waals surface area contributed by atoms with Crippen LogP contribution in [0.5, 0.6) is 0 Å². The van der Waals surface area contributed by atoms with Gasteiger partial charge in [-0.25, -0.2) is 4.79 Å².